The monoisotopic (exact) mass is 231 g/mol. The molecule has 0 atom stereocenters. The fourth-order valence-electron chi connectivity index (χ4n) is 1.65. The van der Waals surface area contributed by atoms with E-state index in [1.54, 1.807) is 18.3 Å². The van der Waals surface area contributed by atoms with Crippen LogP contribution >= 0.6 is 0 Å². The topological polar surface area (TPSA) is 78.6 Å². The molecule has 5 nitrogen and oxygen atoms in total. The van der Waals surface area contributed by atoms with Crippen molar-refractivity contribution in [1.82, 2.24) is 15.0 Å². The molecule has 5 heteroatoms. The number of ketones is 1. The number of carbonyl (C=O) groups is 1. The first kappa shape index (κ1) is 11.3. The second-order valence-electron chi connectivity index (χ2n) is 4.09. The highest BCUT2D eigenvalue weighted by atomic mass is 16.1. The van der Waals surface area contributed by atoms with Gasteiger partial charge in [-0.05, 0) is 18.1 Å². The summed E-state index contributed by atoms with van der Waals surface area (Å²) in [5.74, 6) is -0.148. The van der Waals surface area contributed by atoms with Crippen molar-refractivity contribution in [2.75, 3.05) is 0 Å². The zero-order chi connectivity index (χ0) is 12.4. The number of carbonyl (C=O) groups excluding carboxylic acids is 1. The van der Waals surface area contributed by atoms with E-state index in [2.05, 4.69) is 15.0 Å². The summed E-state index contributed by atoms with van der Waals surface area (Å²) in [4.78, 5) is 32.5. The summed E-state index contributed by atoms with van der Waals surface area (Å²) in [6.07, 6.45) is 3.08. The van der Waals surface area contributed by atoms with Gasteiger partial charge in [-0.25, -0.2) is 4.79 Å². The Hall–Kier alpha value is -2.17. The van der Waals surface area contributed by atoms with Crippen LogP contribution in [0.1, 0.15) is 41.5 Å². The van der Waals surface area contributed by atoms with Crippen molar-refractivity contribution < 1.29 is 4.79 Å². The molecule has 88 valence electrons. The summed E-state index contributed by atoms with van der Waals surface area (Å²) < 4.78 is 0. The van der Waals surface area contributed by atoms with Crippen LogP contribution in [-0.2, 0) is 0 Å². The van der Waals surface area contributed by atoms with Gasteiger partial charge < -0.3 is 9.97 Å². The van der Waals surface area contributed by atoms with Gasteiger partial charge in [-0.3, -0.25) is 9.78 Å². The molecular formula is C12H13N3O2. The van der Waals surface area contributed by atoms with Crippen LogP contribution in [-0.4, -0.2) is 20.7 Å². The van der Waals surface area contributed by atoms with E-state index in [1.807, 2.05) is 13.8 Å². The fourth-order valence-corrected chi connectivity index (χ4v) is 1.65. The first-order chi connectivity index (χ1) is 8.09. The minimum absolute atomic E-state index is 0.0737. The van der Waals surface area contributed by atoms with Crippen LogP contribution in [0.25, 0.3) is 0 Å². The Bertz CT molecular complexity index is 581. The van der Waals surface area contributed by atoms with E-state index < -0.39 is 0 Å². The third kappa shape index (κ3) is 2.18. The molecule has 17 heavy (non-hydrogen) atoms. The van der Waals surface area contributed by atoms with E-state index in [9.17, 15) is 9.59 Å². The van der Waals surface area contributed by atoms with Crippen molar-refractivity contribution in [3.8, 4) is 0 Å². The lowest BCUT2D eigenvalue weighted by Crippen LogP contribution is -2.07. The Balaban J connectivity index is 2.48. The molecule has 0 bridgehead atoms. The van der Waals surface area contributed by atoms with Crippen molar-refractivity contribution in [2.45, 2.75) is 19.8 Å². The first-order valence-electron chi connectivity index (χ1n) is 5.36. The van der Waals surface area contributed by atoms with Gasteiger partial charge in [-0.2, -0.15) is 0 Å². The standard InChI is InChI=1S/C12H13N3O2/c1-7(2)9-10(15-12(17)14-9)11(16)8-4-3-5-13-6-8/h3-7H,1-2H3,(H2,14,15,17). The molecular weight excluding hydrogens is 218 g/mol. The van der Waals surface area contributed by atoms with Gasteiger partial charge >= 0.3 is 5.69 Å². The lowest BCUT2D eigenvalue weighted by Gasteiger charge is -2.04. The average molecular weight is 231 g/mol. The number of rotatable bonds is 3. The van der Waals surface area contributed by atoms with E-state index in [0.29, 0.717) is 17.0 Å². The van der Waals surface area contributed by atoms with Crippen molar-refractivity contribution in [2.24, 2.45) is 0 Å². The Morgan fingerprint density at radius 3 is 2.71 bits per heavy atom. The minimum Gasteiger partial charge on any atom is -0.309 e. The van der Waals surface area contributed by atoms with Gasteiger partial charge in [0.05, 0.1) is 0 Å². The first-order valence-corrected chi connectivity index (χ1v) is 5.36. The Morgan fingerprint density at radius 1 is 1.35 bits per heavy atom. The fraction of sp³-hybridized carbons (Fsp3) is 0.250. The zero-order valence-electron chi connectivity index (χ0n) is 9.65. The van der Waals surface area contributed by atoms with Gasteiger partial charge in [0, 0.05) is 23.7 Å². The molecule has 0 aromatic carbocycles. The maximum absolute atomic E-state index is 12.2. The highest BCUT2D eigenvalue weighted by Crippen LogP contribution is 2.16. The van der Waals surface area contributed by atoms with E-state index in [-0.39, 0.29) is 17.4 Å². The van der Waals surface area contributed by atoms with Gasteiger partial charge in [0.2, 0.25) is 5.78 Å². The summed E-state index contributed by atoms with van der Waals surface area (Å²) in [5.41, 5.74) is 1.05. The average Bonchev–Trinajstić information content (AvgIpc) is 2.72. The molecule has 0 radical (unpaired) electrons. The molecule has 0 amide bonds. The molecule has 2 N–H and O–H groups in total. The molecule has 0 spiro atoms. The number of pyridine rings is 1. The highest BCUT2D eigenvalue weighted by molar-refractivity contribution is 6.08. The van der Waals surface area contributed by atoms with E-state index in [1.165, 1.54) is 6.20 Å². The van der Waals surface area contributed by atoms with Crippen molar-refractivity contribution in [3.05, 3.63) is 52.0 Å². The molecule has 2 aromatic heterocycles. The SMILES string of the molecule is CC(C)c1[nH]c(=O)[nH]c1C(=O)c1cccnc1. The summed E-state index contributed by atoms with van der Waals surface area (Å²) in [5, 5.41) is 0. The van der Waals surface area contributed by atoms with Crippen molar-refractivity contribution in [3.63, 3.8) is 0 Å². The maximum Gasteiger partial charge on any atom is 0.323 e. The van der Waals surface area contributed by atoms with Crippen molar-refractivity contribution in [1.29, 1.82) is 0 Å². The predicted molar refractivity (Wildman–Crippen MR) is 63.2 cm³/mol. The van der Waals surface area contributed by atoms with Gasteiger partial charge in [0.1, 0.15) is 5.69 Å². The number of hydrogen-bond acceptors (Lipinski definition) is 3. The summed E-state index contributed by atoms with van der Waals surface area (Å²) >= 11 is 0. The smallest absolute Gasteiger partial charge is 0.309 e. The molecule has 2 aromatic rings. The van der Waals surface area contributed by atoms with E-state index in [0.717, 1.165) is 0 Å². The number of H-pyrrole nitrogens is 2. The third-order valence-corrected chi connectivity index (χ3v) is 2.48. The van der Waals surface area contributed by atoms with Gasteiger partial charge in [0.25, 0.3) is 0 Å². The van der Waals surface area contributed by atoms with E-state index >= 15 is 0 Å². The molecule has 2 heterocycles. The zero-order valence-corrected chi connectivity index (χ0v) is 9.65. The van der Waals surface area contributed by atoms with Crippen LogP contribution in [0.5, 0.6) is 0 Å². The summed E-state index contributed by atoms with van der Waals surface area (Å²) in [7, 11) is 0. The number of nitrogens with one attached hydrogen (secondary N) is 2. The van der Waals surface area contributed by atoms with Crippen LogP contribution in [0.4, 0.5) is 0 Å². The van der Waals surface area contributed by atoms with Crippen LogP contribution in [0, 0.1) is 0 Å². The number of imidazole rings is 1. The normalized spacial score (nSPS) is 10.8. The molecule has 0 fully saturated rings. The third-order valence-electron chi connectivity index (χ3n) is 2.48. The lowest BCUT2D eigenvalue weighted by molar-refractivity contribution is 0.103. The molecule has 0 saturated carbocycles. The van der Waals surface area contributed by atoms with Gasteiger partial charge in [0.15, 0.2) is 0 Å². The highest BCUT2D eigenvalue weighted by Gasteiger charge is 2.18. The van der Waals surface area contributed by atoms with Crippen LogP contribution in [0.3, 0.4) is 0 Å². The summed E-state index contributed by atoms with van der Waals surface area (Å²) in [6.45, 7) is 3.83. The molecule has 2 rings (SSSR count). The van der Waals surface area contributed by atoms with Gasteiger partial charge in [-0.15, -0.1) is 0 Å². The van der Waals surface area contributed by atoms with Crippen LogP contribution in [0.15, 0.2) is 29.3 Å². The lowest BCUT2D eigenvalue weighted by atomic mass is 10.0. The molecule has 0 saturated heterocycles. The molecule has 0 aliphatic rings. The van der Waals surface area contributed by atoms with Crippen LogP contribution in [0.2, 0.25) is 0 Å². The maximum atomic E-state index is 12.2. The second-order valence-corrected chi connectivity index (χ2v) is 4.09. The van der Waals surface area contributed by atoms with Crippen LogP contribution < -0.4 is 5.69 Å². The Labute approximate surface area is 97.9 Å². The quantitative estimate of drug-likeness (QED) is 0.785. The Morgan fingerprint density at radius 2 is 2.12 bits per heavy atom. The van der Waals surface area contributed by atoms with Crippen molar-refractivity contribution >= 4 is 5.78 Å². The largest absolute Gasteiger partial charge is 0.323 e. The Kier molecular flexibility index (Phi) is 2.91. The number of nitrogens with zero attached hydrogens (tertiary/aromatic N) is 1. The molecule has 0 unspecified atom stereocenters. The van der Waals surface area contributed by atoms with E-state index in [4.69, 9.17) is 0 Å². The van der Waals surface area contributed by atoms with Gasteiger partial charge in [-0.1, -0.05) is 13.8 Å². The molecule has 0 aliphatic heterocycles. The number of aromatic nitrogens is 3. The minimum atomic E-state index is -0.360. The number of aromatic amines is 2. The molecule has 0 aliphatic carbocycles. The number of hydrogen-bond donors (Lipinski definition) is 2. The summed E-state index contributed by atoms with van der Waals surface area (Å²) in [6, 6.07) is 3.36. The second kappa shape index (κ2) is 4.37. The predicted octanol–water partition coefficient (Wildman–Crippen LogP) is 1.45.